The number of pyridine rings is 1. The monoisotopic (exact) mass is 411 g/mol. The van der Waals surface area contributed by atoms with Crippen LogP contribution < -0.4 is 5.32 Å². The number of amides is 1. The number of carbonyl (C=O) groups excluding carboxylic acids is 1. The summed E-state index contributed by atoms with van der Waals surface area (Å²) in [6, 6.07) is 10.2. The summed E-state index contributed by atoms with van der Waals surface area (Å²) in [6.07, 6.45) is 5.52. The molecule has 30 heavy (non-hydrogen) atoms. The molecule has 0 radical (unpaired) electrons. The average Bonchev–Trinajstić information content (AvgIpc) is 2.75. The topological polar surface area (TPSA) is 45.2 Å². The van der Waals surface area contributed by atoms with E-state index in [4.69, 9.17) is 0 Å². The van der Waals surface area contributed by atoms with Gasteiger partial charge in [0, 0.05) is 42.7 Å². The normalized spacial score (nSPS) is 20.0. The fraction of sp³-hybridized carbons (Fsp3) is 0.417. The number of piperidine rings is 1. The molecule has 4 rings (SSSR count). The zero-order chi connectivity index (χ0) is 21.1. The number of hydrogen-bond acceptors (Lipinski definition) is 3. The first-order valence-electron chi connectivity index (χ1n) is 10.6. The first-order valence-corrected chi connectivity index (χ1v) is 10.6. The minimum Gasteiger partial charge on any atom is -0.349 e. The van der Waals surface area contributed by atoms with E-state index in [1.54, 1.807) is 11.1 Å². The van der Waals surface area contributed by atoms with Crippen molar-refractivity contribution in [1.82, 2.24) is 15.2 Å². The molecule has 0 spiro atoms. The second-order valence-corrected chi connectivity index (χ2v) is 8.24. The zero-order valence-electron chi connectivity index (χ0n) is 17.2. The molecule has 1 N–H and O–H groups in total. The van der Waals surface area contributed by atoms with Gasteiger partial charge in [-0.3, -0.25) is 14.7 Å². The minimum absolute atomic E-state index is 0.0247. The van der Waals surface area contributed by atoms with Crippen molar-refractivity contribution in [2.75, 3.05) is 19.6 Å². The van der Waals surface area contributed by atoms with Crippen LogP contribution in [0.5, 0.6) is 0 Å². The van der Waals surface area contributed by atoms with Crippen LogP contribution in [0.2, 0.25) is 0 Å². The van der Waals surface area contributed by atoms with Crippen LogP contribution in [0.1, 0.15) is 43.2 Å². The van der Waals surface area contributed by atoms with Gasteiger partial charge in [0.1, 0.15) is 0 Å². The molecular weight excluding hydrogens is 384 g/mol. The van der Waals surface area contributed by atoms with E-state index in [0.29, 0.717) is 37.4 Å². The Labute approximate surface area is 176 Å². The van der Waals surface area contributed by atoms with Crippen LogP contribution in [-0.4, -0.2) is 47.9 Å². The summed E-state index contributed by atoms with van der Waals surface area (Å²) >= 11 is 0. The summed E-state index contributed by atoms with van der Waals surface area (Å²) in [4.78, 5) is 19.1. The van der Waals surface area contributed by atoms with Crippen LogP contribution in [0.3, 0.4) is 0 Å². The number of alkyl halides is 2. The summed E-state index contributed by atoms with van der Waals surface area (Å²) in [5, 5.41) is 3.14. The van der Waals surface area contributed by atoms with E-state index in [9.17, 15) is 13.6 Å². The summed E-state index contributed by atoms with van der Waals surface area (Å²) in [6.45, 7) is 3.17. The molecule has 2 aliphatic rings. The van der Waals surface area contributed by atoms with E-state index in [1.165, 1.54) is 5.56 Å². The fourth-order valence-electron chi connectivity index (χ4n) is 4.40. The van der Waals surface area contributed by atoms with Gasteiger partial charge in [-0.1, -0.05) is 31.2 Å². The van der Waals surface area contributed by atoms with Gasteiger partial charge in [0.05, 0.1) is 6.54 Å². The van der Waals surface area contributed by atoms with Gasteiger partial charge >= 0.3 is 0 Å². The third-order valence-corrected chi connectivity index (χ3v) is 6.11. The van der Waals surface area contributed by atoms with Gasteiger partial charge in [0.15, 0.2) is 0 Å². The first kappa shape index (κ1) is 20.7. The highest BCUT2D eigenvalue weighted by molar-refractivity contribution is 6.20. The lowest BCUT2D eigenvalue weighted by molar-refractivity contribution is -0.116. The number of rotatable bonds is 5. The summed E-state index contributed by atoms with van der Waals surface area (Å²) in [5.41, 5.74) is 4.92. The van der Waals surface area contributed by atoms with Crippen molar-refractivity contribution in [1.29, 1.82) is 0 Å². The van der Waals surface area contributed by atoms with E-state index in [-0.39, 0.29) is 18.5 Å². The summed E-state index contributed by atoms with van der Waals surface area (Å²) in [7, 11) is 0. The van der Waals surface area contributed by atoms with E-state index in [1.807, 2.05) is 24.4 Å². The molecule has 1 aromatic heterocycles. The number of carbonyl (C=O) groups is 1. The van der Waals surface area contributed by atoms with Crippen molar-refractivity contribution < 1.29 is 13.6 Å². The quantitative estimate of drug-likeness (QED) is 0.789. The molecule has 0 unspecified atom stereocenters. The van der Waals surface area contributed by atoms with Gasteiger partial charge in [0.2, 0.25) is 0 Å². The van der Waals surface area contributed by atoms with Crippen molar-refractivity contribution in [2.24, 2.45) is 0 Å². The first-order chi connectivity index (χ1) is 14.5. The smallest absolute Gasteiger partial charge is 0.251 e. The van der Waals surface area contributed by atoms with Crippen LogP contribution in [0, 0.1) is 0 Å². The maximum Gasteiger partial charge on any atom is 0.251 e. The number of likely N-dealkylation sites (tertiary alicyclic amines) is 1. The Bertz CT molecular complexity index is 921. The van der Waals surface area contributed by atoms with E-state index in [2.05, 4.69) is 35.4 Å². The van der Waals surface area contributed by atoms with E-state index < -0.39 is 6.43 Å². The molecule has 1 atom stereocenters. The maximum atomic E-state index is 13.1. The highest BCUT2D eigenvalue weighted by Crippen LogP contribution is 2.37. The molecule has 2 aromatic rings. The Morgan fingerprint density at radius 2 is 2.03 bits per heavy atom. The summed E-state index contributed by atoms with van der Waals surface area (Å²) in [5.74, 6) is 0.288. The average molecular weight is 411 g/mol. The van der Waals surface area contributed by atoms with E-state index in [0.717, 1.165) is 23.1 Å². The fourth-order valence-corrected chi connectivity index (χ4v) is 4.40. The molecule has 1 saturated heterocycles. The maximum absolute atomic E-state index is 13.1. The second kappa shape index (κ2) is 9.04. The molecule has 4 nitrogen and oxygen atoms in total. The lowest BCUT2D eigenvalue weighted by atomic mass is 9.82. The Kier molecular flexibility index (Phi) is 6.23. The molecule has 6 heteroatoms. The van der Waals surface area contributed by atoms with Gasteiger partial charge < -0.3 is 5.32 Å². The molecule has 2 heterocycles. The van der Waals surface area contributed by atoms with Gasteiger partial charge in [-0.2, -0.15) is 0 Å². The Morgan fingerprint density at radius 1 is 1.23 bits per heavy atom. The van der Waals surface area contributed by atoms with Crippen LogP contribution >= 0.6 is 0 Å². The van der Waals surface area contributed by atoms with Crippen molar-refractivity contribution in [3.63, 3.8) is 0 Å². The molecule has 0 bridgehead atoms. The largest absolute Gasteiger partial charge is 0.349 e. The predicted octanol–water partition coefficient (Wildman–Crippen LogP) is 4.48. The lowest BCUT2D eigenvalue weighted by Crippen LogP contribution is -2.46. The van der Waals surface area contributed by atoms with Crippen LogP contribution in [-0.2, 0) is 4.79 Å². The number of nitrogens with one attached hydrogen (secondary N) is 1. The number of benzene rings is 1. The molecule has 0 saturated carbocycles. The Balaban J connectivity index is 1.49. The standard InChI is InChI=1S/C24H27F2N3O/c1-16-4-6-21(24(30)28-19-8-11-29(12-9-19)15-23(25)26)22-13-17(5-7-20(16)22)18-3-2-10-27-14-18/h2-3,5-7,10,13-14,16,19,23H,4,8-9,11-12,15H2,1H3,(H,28,30)/t16-/m1/s1. The van der Waals surface area contributed by atoms with Gasteiger partial charge in [-0.05, 0) is 54.0 Å². The Hall–Kier alpha value is -2.60. The van der Waals surface area contributed by atoms with Crippen LogP contribution in [0.15, 0.2) is 48.8 Å². The number of allylic oxidation sites excluding steroid dienone is 1. The number of hydrogen-bond donors (Lipinski definition) is 1. The molecule has 1 fully saturated rings. The third kappa shape index (κ3) is 4.59. The molecule has 1 aliphatic heterocycles. The predicted molar refractivity (Wildman–Crippen MR) is 114 cm³/mol. The number of nitrogens with zero attached hydrogens (tertiary/aromatic N) is 2. The number of aromatic nitrogens is 1. The molecule has 1 aromatic carbocycles. The molecule has 158 valence electrons. The van der Waals surface area contributed by atoms with Crippen molar-refractivity contribution in [2.45, 2.75) is 44.6 Å². The number of halogens is 2. The van der Waals surface area contributed by atoms with Crippen LogP contribution in [0.4, 0.5) is 8.78 Å². The minimum atomic E-state index is -2.31. The van der Waals surface area contributed by atoms with Gasteiger partial charge in [0.25, 0.3) is 12.3 Å². The number of fused-ring (bicyclic) bond motifs is 1. The van der Waals surface area contributed by atoms with Crippen molar-refractivity contribution >= 4 is 11.5 Å². The Morgan fingerprint density at radius 3 is 2.73 bits per heavy atom. The highest BCUT2D eigenvalue weighted by atomic mass is 19.3. The zero-order valence-corrected chi connectivity index (χ0v) is 17.2. The molecular formula is C24H27F2N3O. The highest BCUT2D eigenvalue weighted by Gasteiger charge is 2.27. The molecule has 1 aliphatic carbocycles. The van der Waals surface area contributed by atoms with Crippen molar-refractivity contribution in [3.8, 4) is 11.1 Å². The third-order valence-electron chi connectivity index (χ3n) is 6.11. The van der Waals surface area contributed by atoms with E-state index >= 15 is 0 Å². The lowest BCUT2D eigenvalue weighted by Gasteiger charge is -2.32. The van der Waals surface area contributed by atoms with Crippen molar-refractivity contribution in [3.05, 3.63) is 59.9 Å². The summed E-state index contributed by atoms with van der Waals surface area (Å²) < 4.78 is 25.1. The second-order valence-electron chi connectivity index (χ2n) is 8.24. The molecule has 1 amide bonds. The van der Waals surface area contributed by atoms with Crippen LogP contribution in [0.25, 0.3) is 16.7 Å². The SMILES string of the molecule is C[C@@H]1CC=C(C(=O)NC2CCN(CC(F)F)CC2)c2cc(-c3cccnc3)ccc21. The van der Waals surface area contributed by atoms with Gasteiger partial charge in [-0.15, -0.1) is 0 Å². The van der Waals surface area contributed by atoms with Gasteiger partial charge in [-0.25, -0.2) is 8.78 Å².